The highest BCUT2D eigenvalue weighted by Gasteiger charge is 2.41. The van der Waals surface area contributed by atoms with Crippen molar-refractivity contribution in [1.29, 1.82) is 0 Å². The minimum absolute atomic E-state index is 0.111. The largest absolute Gasteiger partial charge is 0.474 e. The van der Waals surface area contributed by atoms with Crippen LogP contribution < -0.4 is 10.5 Å². The molecule has 8 nitrogen and oxygen atoms in total. The first-order chi connectivity index (χ1) is 14.5. The number of primary amides is 1. The van der Waals surface area contributed by atoms with Crippen LogP contribution in [0.1, 0.15) is 41.6 Å². The van der Waals surface area contributed by atoms with Crippen molar-refractivity contribution in [3.63, 3.8) is 0 Å². The number of amides is 4. The Morgan fingerprint density at radius 2 is 1.80 bits per heavy atom. The van der Waals surface area contributed by atoms with E-state index in [4.69, 9.17) is 10.5 Å². The van der Waals surface area contributed by atoms with Gasteiger partial charge in [0.25, 0.3) is 11.8 Å². The Balaban J connectivity index is 1.35. The Morgan fingerprint density at radius 3 is 2.50 bits per heavy atom. The van der Waals surface area contributed by atoms with Crippen LogP contribution in [0.15, 0.2) is 48.7 Å². The molecule has 1 aromatic carbocycles. The lowest BCUT2D eigenvalue weighted by atomic mass is 9.92. The lowest BCUT2D eigenvalue weighted by Crippen LogP contribution is -2.44. The number of nitrogens with two attached hydrogens (primary N) is 1. The lowest BCUT2D eigenvalue weighted by Gasteiger charge is -2.33. The molecule has 2 heterocycles. The number of carbonyl (C=O) groups is 3. The molecule has 0 bridgehead atoms. The fourth-order valence-corrected chi connectivity index (χ4v) is 4.10. The van der Waals surface area contributed by atoms with Gasteiger partial charge in [0.2, 0.25) is 5.88 Å². The molecule has 8 heteroatoms. The van der Waals surface area contributed by atoms with Crippen molar-refractivity contribution >= 4 is 17.8 Å². The second-order valence-corrected chi connectivity index (χ2v) is 7.66. The van der Waals surface area contributed by atoms with E-state index < -0.39 is 5.91 Å². The van der Waals surface area contributed by atoms with Gasteiger partial charge < -0.3 is 15.4 Å². The number of rotatable bonds is 6. The number of nitrogens with zero attached hydrogens (tertiary/aromatic N) is 3. The van der Waals surface area contributed by atoms with Gasteiger partial charge >= 0.3 is 6.03 Å². The van der Waals surface area contributed by atoms with E-state index in [0.717, 1.165) is 5.56 Å². The molecule has 0 atom stereocenters. The molecular weight excluding hydrogens is 384 g/mol. The minimum atomic E-state index is -0.585. The summed E-state index contributed by atoms with van der Waals surface area (Å²) in [5.41, 5.74) is 6.63. The predicted molar refractivity (Wildman–Crippen MR) is 109 cm³/mol. The maximum atomic E-state index is 12.9. The summed E-state index contributed by atoms with van der Waals surface area (Å²) < 4.78 is 5.90. The molecule has 4 rings (SSSR count). The fraction of sp³-hybridized carbons (Fsp3) is 0.364. The molecule has 0 radical (unpaired) electrons. The predicted octanol–water partition coefficient (Wildman–Crippen LogP) is 2.33. The molecule has 0 spiro atoms. The molecule has 2 N–H and O–H groups in total. The van der Waals surface area contributed by atoms with Gasteiger partial charge in [0.1, 0.15) is 18.2 Å². The zero-order valence-electron chi connectivity index (χ0n) is 16.6. The first-order valence-electron chi connectivity index (χ1n) is 10.1. The van der Waals surface area contributed by atoms with E-state index in [0.29, 0.717) is 32.2 Å². The molecule has 1 aliphatic heterocycles. The van der Waals surface area contributed by atoms with Crippen molar-refractivity contribution in [2.24, 2.45) is 5.73 Å². The summed E-state index contributed by atoms with van der Waals surface area (Å²) in [7, 11) is 0. The van der Waals surface area contributed by atoms with Gasteiger partial charge in [-0.05, 0) is 43.4 Å². The number of benzene rings is 1. The average Bonchev–Trinajstić information content (AvgIpc) is 3.02. The van der Waals surface area contributed by atoms with Crippen molar-refractivity contribution in [3.05, 3.63) is 59.8 Å². The third kappa shape index (κ3) is 4.12. The third-order valence-corrected chi connectivity index (χ3v) is 5.61. The summed E-state index contributed by atoms with van der Waals surface area (Å²) in [6, 6.07) is 12.5. The van der Waals surface area contributed by atoms with Gasteiger partial charge in [-0.3, -0.25) is 14.5 Å². The Morgan fingerprint density at radius 1 is 1.07 bits per heavy atom. The molecule has 0 unspecified atom stereocenters. The first kappa shape index (κ1) is 19.9. The third-order valence-electron chi connectivity index (χ3n) is 5.61. The molecule has 156 valence electrons. The van der Waals surface area contributed by atoms with Crippen LogP contribution in [0.3, 0.4) is 0 Å². The van der Waals surface area contributed by atoms with Crippen molar-refractivity contribution < 1.29 is 19.1 Å². The minimum Gasteiger partial charge on any atom is -0.474 e. The molecule has 30 heavy (non-hydrogen) atoms. The maximum absolute atomic E-state index is 12.9. The van der Waals surface area contributed by atoms with Crippen molar-refractivity contribution in [1.82, 2.24) is 14.8 Å². The van der Waals surface area contributed by atoms with Gasteiger partial charge in [0.05, 0.1) is 0 Å². The van der Waals surface area contributed by atoms with Gasteiger partial charge in [0, 0.05) is 18.8 Å². The van der Waals surface area contributed by atoms with Crippen molar-refractivity contribution in [3.8, 4) is 5.88 Å². The Labute approximate surface area is 174 Å². The number of hydrogen-bond donors (Lipinski definition) is 1. The van der Waals surface area contributed by atoms with Crippen LogP contribution >= 0.6 is 0 Å². The van der Waals surface area contributed by atoms with Crippen LogP contribution in [0.25, 0.3) is 0 Å². The average molecular weight is 408 g/mol. The summed E-state index contributed by atoms with van der Waals surface area (Å²) in [6.45, 7) is 0.538. The van der Waals surface area contributed by atoms with E-state index in [1.54, 1.807) is 23.2 Å². The number of pyridine rings is 1. The zero-order valence-corrected chi connectivity index (χ0v) is 16.6. The van der Waals surface area contributed by atoms with Crippen molar-refractivity contribution in [2.75, 3.05) is 6.54 Å². The molecule has 1 saturated carbocycles. The molecular formula is C22H24N4O4. The number of imide groups is 1. The summed E-state index contributed by atoms with van der Waals surface area (Å²) in [5, 5.41) is 0. The standard InChI is InChI=1S/C22H24N4O4/c23-20(28)18-7-4-12-24-21(18)30-17-10-8-16(9-11-17)26-19(27)14-25(22(26)29)13-15-5-2-1-3-6-15/h1-7,12,16-17H,8-11,13-14H2,(H2,23,28). The highest BCUT2D eigenvalue weighted by atomic mass is 16.5. The van der Waals surface area contributed by atoms with E-state index in [-0.39, 0.29) is 42.1 Å². The summed E-state index contributed by atoms with van der Waals surface area (Å²) >= 11 is 0. The molecule has 1 aromatic heterocycles. The van der Waals surface area contributed by atoms with Crippen molar-refractivity contribution in [2.45, 2.75) is 44.4 Å². The van der Waals surface area contributed by atoms with Gasteiger partial charge in [-0.15, -0.1) is 0 Å². The quantitative estimate of drug-likeness (QED) is 0.739. The Hall–Kier alpha value is -3.42. The highest BCUT2D eigenvalue weighted by molar-refractivity contribution is 6.02. The SMILES string of the molecule is NC(=O)c1cccnc1OC1CCC(N2C(=O)CN(Cc3ccccc3)C2=O)CC1. The van der Waals surface area contributed by atoms with Gasteiger partial charge in [-0.1, -0.05) is 30.3 Å². The first-order valence-corrected chi connectivity index (χ1v) is 10.1. The zero-order chi connectivity index (χ0) is 21.1. The van der Waals surface area contributed by atoms with Crippen LogP contribution in [0.2, 0.25) is 0 Å². The Bertz CT molecular complexity index is 941. The number of aromatic nitrogens is 1. The molecule has 1 aliphatic carbocycles. The number of urea groups is 1. The maximum Gasteiger partial charge on any atom is 0.327 e. The van der Waals surface area contributed by atoms with Crippen LogP contribution in [-0.4, -0.2) is 51.3 Å². The monoisotopic (exact) mass is 408 g/mol. The smallest absolute Gasteiger partial charge is 0.327 e. The highest BCUT2D eigenvalue weighted by Crippen LogP contribution is 2.30. The summed E-state index contributed by atoms with van der Waals surface area (Å²) in [4.78, 5) is 44.1. The van der Waals surface area contributed by atoms with E-state index in [9.17, 15) is 14.4 Å². The van der Waals surface area contributed by atoms with Gasteiger partial charge in [-0.25, -0.2) is 9.78 Å². The van der Waals surface area contributed by atoms with Crippen LogP contribution in [0.4, 0.5) is 4.79 Å². The second kappa shape index (κ2) is 8.52. The topological polar surface area (TPSA) is 106 Å². The second-order valence-electron chi connectivity index (χ2n) is 7.66. The van der Waals surface area contributed by atoms with Gasteiger partial charge in [-0.2, -0.15) is 0 Å². The lowest BCUT2D eigenvalue weighted by molar-refractivity contribution is -0.127. The molecule has 2 aliphatic rings. The van der Waals surface area contributed by atoms with E-state index in [1.807, 2.05) is 30.3 Å². The van der Waals surface area contributed by atoms with E-state index in [2.05, 4.69) is 4.98 Å². The molecule has 4 amide bonds. The number of ether oxygens (including phenoxy) is 1. The van der Waals surface area contributed by atoms with Crippen LogP contribution in [0, 0.1) is 0 Å². The number of carbonyl (C=O) groups excluding carboxylic acids is 3. The van der Waals surface area contributed by atoms with E-state index in [1.165, 1.54) is 4.90 Å². The van der Waals surface area contributed by atoms with E-state index >= 15 is 0 Å². The molecule has 2 aromatic rings. The normalized spacial score (nSPS) is 21.7. The molecule has 2 fully saturated rings. The number of hydrogen-bond acceptors (Lipinski definition) is 5. The summed E-state index contributed by atoms with van der Waals surface area (Å²) in [6.07, 6.45) is 4.04. The van der Waals surface area contributed by atoms with Gasteiger partial charge in [0.15, 0.2) is 0 Å². The van der Waals surface area contributed by atoms with Crippen LogP contribution in [-0.2, 0) is 11.3 Å². The molecule has 1 saturated heterocycles. The Kier molecular flexibility index (Phi) is 5.65. The summed E-state index contributed by atoms with van der Waals surface area (Å²) in [5.74, 6) is -0.504. The van der Waals surface area contributed by atoms with Crippen LogP contribution in [0.5, 0.6) is 5.88 Å². The fourth-order valence-electron chi connectivity index (χ4n) is 4.10.